The summed E-state index contributed by atoms with van der Waals surface area (Å²) in [5.74, 6) is 1.31. The van der Waals surface area contributed by atoms with Gasteiger partial charge in [0, 0.05) is 31.2 Å². The Bertz CT molecular complexity index is 1360. The Morgan fingerprint density at radius 3 is 2.71 bits per heavy atom. The molecule has 2 aliphatic heterocycles. The minimum Gasteiger partial charge on any atom is -0.406 e. The standard InChI is InChI=1S/C20H19BrF3N9O/c21-13-6-26-33-17(13)30-19(32-8-10-1-2-11(9-32)27-10)31-18(33)25-7-16-28-14-4-3-12(5-15(14)29-16)34-20(22,23)24/h3-6,10-11,27H,1-2,7-9H2,(H,28,29)(H,25,30,31). The smallest absolute Gasteiger partial charge is 0.406 e. The number of nitrogens with one attached hydrogen (secondary N) is 3. The van der Waals surface area contributed by atoms with Crippen molar-refractivity contribution < 1.29 is 17.9 Å². The summed E-state index contributed by atoms with van der Waals surface area (Å²) in [5.41, 5.74) is 1.60. The number of benzene rings is 1. The molecule has 3 aromatic heterocycles. The molecule has 5 heterocycles. The van der Waals surface area contributed by atoms with Gasteiger partial charge >= 0.3 is 6.36 Å². The highest BCUT2D eigenvalue weighted by molar-refractivity contribution is 9.10. The van der Waals surface area contributed by atoms with Crippen LogP contribution in [0.3, 0.4) is 0 Å². The van der Waals surface area contributed by atoms with Crippen molar-refractivity contribution in [2.24, 2.45) is 0 Å². The van der Waals surface area contributed by atoms with Gasteiger partial charge in [-0.1, -0.05) is 0 Å². The van der Waals surface area contributed by atoms with Gasteiger partial charge in [0.2, 0.25) is 11.9 Å². The topological polar surface area (TPSA) is 108 Å². The molecule has 0 saturated carbocycles. The van der Waals surface area contributed by atoms with Crippen molar-refractivity contribution >= 4 is 44.5 Å². The Hall–Kier alpha value is -3.13. The number of aromatic nitrogens is 6. The second-order valence-corrected chi connectivity index (χ2v) is 9.24. The Kier molecular flexibility index (Phi) is 5.02. The normalized spacial score (nSPS) is 20.4. The molecule has 2 atom stereocenters. The van der Waals surface area contributed by atoms with E-state index in [2.05, 4.69) is 51.3 Å². The van der Waals surface area contributed by atoms with Crippen LogP contribution in [0.1, 0.15) is 18.7 Å². The van der Waals surface area contributed by atoms with Gasteiger partial charge in [0.25, 0.3) is 0 Å². The molecule has 2 fully saturated rings. The molecule has 34 heavy (non-hydrogen) atoms. The average molecular weight is 538 g/mol. The molecule has 0 radical (unpaired) electrons. The zero-order valence-electron chi connectivity index (χ0n) is 17.6. The second kappa shape index (κ2) is 7.98. The maximum Gasteiger partial charge on any atom is 0.573 e. The van der Waals surface area contributed by atoms with Gasteiger partial charge in [-0.3, -0.25) is 0 Å². The molecule has 0 spiro atoms. The Balaban J connectivity index is 1.26. The summed E-state index contributed by atoms with van der Waals surface area (Å²) < 4.78 is 43.8. The second-order valence-electron chi connectivity index (χ2n) is 8.38. The van der Waals surface area contributed by atoms with E-state index in [1.54, 1.807) is 10.7 Å². The molecule has 4 aromatic rings. The Morgan fingerprint density at radius 1 is 1.15 bits per heavy atom. The van der Waals surface area contributed by atoms with Crippen LogP contribution in [-0.2, 0) is 6.54 Å². The van der Waals surface area contributed by atoms with Crippen LogP contribution in [0.4, 0.5) is 25.1 Å². The molecule has 0 amide bonds. The van der Waals surface area contributed by atoms with Crippen LogP contribution in [0.15, 0.2) is 28.9 Å². The average Bonchev–Trinajstić information content (AvgIpc) is 3.47. The SMILES string of the molecule is FC(F)(F)Oc1ccc2[nH]c(CNc3nc(N4CC5CCC(C4)N5)nc4c(Br)cnn34)nc2c1. The van der Waals surface area contributed by atoms with E-state index < -0.39 is 6.36 Å². The van der Waals surface area contributed by atoms with Crippen molar-refractivity contribution in [2.75, 3.05) is 23.3 Å². The molecule has 6 rings (SSSR count). The molecular formula is C20H19BrF3N9O. The summed E-state index contributed by atoms with van der Waals surface area (Å²) in [5, 5.41) is 11.2. The van der Waals surface area contributed by atoms with Crippen molar-refractivity contribution in [1.29, 1.82) is 0 Å². The number of alkyl halides is 3. The Labute approximate surface area is 199 Å². The number of hydrogen-bond acceptors (Lipinski definition) is 8. The van der Waals surface area contributed by atoms with Gasteiger partial charge in [-0.05, 0) is 40.9 Å². The lowest BCUT2D eigenvalue weighted by Crippen LogP contribution is -2.51. The molecule has 0 aliphatic carbocycles. The number of hydrogen-bond donors (Lipinski definition) is 3. The van der Waals surface area contributed by atoms with Crippen LogP contribution < -0.4 is 20.3 Å². The number of aromatic amines is 1. The van der Waals surface area contributed by atoms with Gasteiger partial charge in [0.05, 0.1) is 28.2 Å². The lowest BCUT2D eigenvalue weighted by molar-refractivity contribution is -0.274. The number of anilines is 2. The summed E-state index contributed by atoms with van der Waals surface area (Å²) in [6.45, 7) is 1.92. The molecule has 2 bridgehead atoms. The first-order chi connectivity index (χ1) is 16.3. The lowest BCUT2D eigenvalue weighted by Gasteiger charge is -2.33. The predicted molar refractivity (Wildman–Crippen MR) is 121 cm³/mol. The van der Waals surface area contributed by atoms with Gasteiger partial charge < -0.3 is 25.3 Å². The maximum absolute atomic E-state index is 12.5. The predicted octanol–water partition coefficient (Wildman–Crippen LogP) is 3.21. The van der Waals surface area contributed by atoms with Crippen LogP contribution >= 0.6 is 15.9 Å². The summed E-state index contributed by atoms with van der Waals surface area (Å²) in [4.78, 5) is 19.1. The number of piperazine rings is 1. The number of ether oxygens (including phenoxy) is 1. The molecule has 1 aromatic carbocycles. The van der Waals surface area contributed by atoms with E-state index in [1.165, 1.54) is 18.2 Å². The number of imidazole rings is 1. The third-order valence-electron chi connectivity index (χ3n) is 5.96. The van der Waals surface area contributed by atoms with E-state index >= 15 is 0 Å². The highest BCUT2D eigenvalue weighted by Gasteiger charge is 2.34. The first-order valence-electron chi connectivity index (χ1n) is 10.7. The lowest BCUT2D eigenvalue weighted by atomic mass is 10.2. The quantitative estimate of drug-likeness (QED) is 0.356. The zero-order chi connectivity index (χ0) is 23.4. The van der Waals surface area contributed by atoms with Crippen LogP contribution in [0.5, 0.6) is 5.75 Å². The van der Waals surface area contributed by atoms with E-state index in [-0.39, 0.29) is 12.3 Å². The fourth-order valence-electron chi connectivity index (χ4n) is 4.54. The van der Waals surface area contributed by atoms with Crippen molar-refractivity contribution in [1.82, 2.24) is 34.9 Å². The number of halogens is 4. The van der Waals surface area contributed by atoms with E-state index in [0.717, 1.165) is 30.4 Å². The zero-order valence-corrected chi connectivity index (χ0v) is 19.2. The number of H-pyrrole nitrogens is 1. The molecule has 14 heteroatoms. The van der Waals surface area contributed by atoms with E-state index in [1.807, 2.05) is 0 Å². The molecule has 2 aliphatic rings. The van der Waals surface area contributed by atoms with Crippen LogP contribution in [0.2, 0.25) is 0 Å². The minimum atomic E-state index is -4.76. The first-order valence-corrected chi connectivity index (χ1v) is 11.5. The maximum atomic E-state index is 12.5. The van der Waals surface area contributed by atoms with Crippen LogP contribution in [0.25, 0.3) is 16.7 Å². The van der Waals surface area contributed by atoms with E-state index in [0.29, 0.717) is 46.5 Å². The molecule has 178 valence electrons. The van der Waals surface area contributed by atoms with E-state index in [9.17, 15) is 13.2 Å². The molecular weight excluding hydrogens is 519 g/mol. The fourth-order valence-corrected chi connectivity index (χ4v) is 4.89. The number of nitrogens with zero attached hydrogens (tertiary/aromatic N) is 6. The molecule has 3 N–H and O–H groups in total. The third-order valence-corrected chi connectivity index (χ3v) is 6.52. The molecule has 2 unspecified atom stereocenters. The Morgan fingerprint density at radius 2 is 1.94 bits per heavy atom. The van der Waals surface area contributed by atoms with Crippen LogP contribution in [0, 0.1) is 0 Å². The van der Waals surface area contributed by atoms with Gasteiger partial charge in [-0.25, -0.2) is 4.98 Å². The van der Waals surface area contributed by atoms with E-state index in [4.69, 9.17) is 9.97 Å². The van der Waals surface area contributed by atoms with Crippen molar-refractivity contribution in [3.63, 3.8) is 0 Å². The number of rotatable bonds is 5. The third kappa shape index (κ3) is 4.11. The largest absolute Gasteiger partial charge is 0.573 e. The van der Waals surface area contributed by atoms with Gasteiger partial charge in [0.15, 0.2) is 5.65 Å². The van der Waals surface area contributed by atoms with Crippen molar-refractivity contribution in [3.05, 3.63) is 34.7 Å². The highest BCUT2D eigenvalue weighted by Crippen LogP contribution is 2.28. The van der Waals surface area contributed by atoms with Gasteiger partial charge in [-0.2, -0.15) is 19.6 Å². The summed E-state index contributed by atoms with van der Waals surface area (Å²) in [7, 11) is 0. The molecule has 2 saturated heterocycles. The van der Waals surface area contributed by atoms with Crippen LogP contribution in [-0.4, -0.2) is 61.1 Å². The molecule has 10 nitrogen and oxygen atoms in total. The summed E-state index contributed by atoms with van der Waals surface area (Å²) in [6.07, 6.45) is -0.810. The van der Waals surface area contributed by atoms with Gasteiger partial charge in [-0.15, -0.1) is 13.2 Å². The van der Waals surface area contributed by atoms with Crippen molar-refractivity contribution in [3.8, 4) is 5.75 Å². The van der Waals surface area contributed by atoms with Gasteiger partial charge in [0.1, 0.15) is 11.6 Å². The fraction of sp³-hybridized carbons (Fsp3) is 0.400. The first kappa shape index (κ1) is 21.4. The van der Waals surface area contributed by atoms with Crippen molar-refractivity contribution in [2.45, 2.75) is 37.8 Å². The summed E-state index contributed by atoms with van der Waals surface area (Å²) in [6, 6.07) is 4.85. The minimum absolute atomic E-state index is 0.250. The summed E-state index contributed by atoms with van der Waals surface area (Å²) >= 11 is 3.50. The highest BCUT2D eigenvalue weighted by atomic mass is 79.9. The monoisotopic (exact) mass is 537 g/mol. The number of fused-ring (bicyclic) bond motifs is 4.